The highest BCUT2D eigenvalue weighted by atomic mass is 35.5. The average Bonchev–Trinajstić information content (AvgIpc) is 2.95. The summed E-state index contributed by atoms with van der Waals surface area (Å²) >= 11 is 6.84. The molecule has 132 valence electrons. The van der Waals surface area contributed by atoms with Crippen LogP contribution in [0.3, 0.4) is 0 Å². The largest absolute Gasteiger partial charge is 0.464 e. The van der Waals surface area contributed by atoms with Crippen LogP contribution in [0.1, 0.15) is 10.5 Å². The molecule has 10 heteroatoms. The third-order valence-corrected chi connectivity index (χ3v) is 4.32. The maximum Gasteiger partial charge on any atom is 0.356 e. The van der Waals surface area contributed by atoms with Crippen LogP contribution in [0.5, 0.6) is 0 Å². The number of urea groups is 1. The maximum atomic E-state index is 11.8. The van der Waals surface area contributed by atoms with E-state index in [4.69, 9.17) is 11.6 Å². The summed E-state index contributed by atoms with van der Waals surface area (Å²) in [5, 5.41) is 5.71. The summed E-state index contributed by atoms with van der Waals surface area (Å²) < 4.78 is 6.13. The molecule has 0 aliphatic carbocycles. The van der Waals surface area contributed by atoms with Gasteiger partial charge in [-0.3, -0.25) is 10.1 Å². The van der Waals surface area contributed by atoms with Gasteiger partial charge in [-0.15, -0.1) is 0 Å². The van der Waals surface area contributed by atoms with E-state index in [-0.39, 0.29) is 11.4 Å². The van der Waals surface area contributed by atoms with Crippen LogP contribution in [0.2, 0.25) is 5.02 Å². The first-order valence-corrected chi connectivity index (χ1v) is 8.36. The lowest BCUT2D eigenvalue weighted by Crippen LogP contribution is -2.35. The number of carbonyl (C=O) groups is 3. The molecule has 0 aliphatic heterocycles. The van der Waals surface area contributed by atoms with E-state index < -0.39 is 17.9 Å². The van der Waals surface area contributed by atoms with Gasteiger partial charge in [-0.1, -0.05) is 23.4 Å². The molecule has 0 radical (unpaired) electrons. The van der Waals surface area contributed by atoms with E-state index in [0.717, 1.165) is 11.8 Å². The Labute approximate surface area is 152 Å². The van der Waals surface area contributed by atoms with Crippen molar-refractivity contribution in [3.63, 3.8) is 0 Å². The number of imidazole rings is 1. The number of anilines is 1. The van der Waals surface area contributed by atoms with Gasteiger partial charge in [0.05, 0.1) is 19.1 Å². The molecule has 0 saturated carbocycles. The first kappa shape index (κ1) is 18.8. The zero-order valence-corrected chi connectivity index (χ0v) is 15.0. The molecule has 0 fully saturated rings. The van der Waals surface area contributed by atoms with E-state index in [1.54, 1.807) is 31.3 Å². The molecule has 3 amide bonds. The molecule has 0 atom stereocenters. The summed E-state index contributed by atoms with van der Waals surface area (Å²) in [6.45, 7) is 0. The van der Waals surface area contributed by atoms with Crippen molar-refractivity contribution in [1.82, 2.24) is 14.9 Å². The quantitative estimate of drug-likeness (QED) is 0.607. The molecule has 2 rings (SSSR count). The molecule has 0 saturated heterocycles. The summed E-state index contributed by atoms with van der Waals surface area (Å²) in [6, 6.07) is 5.82. The minimum Gasteiger partial charge on any atom is -0.464 e. The molecule has 25 heavy (non-hydrogen) atoms. The minimum atomic E-state index is -0.650. The maximum absolute atomic E-state index is 11.8. The van der Waals surface area contributed by atoms with E-state index in [9.17, 15) is 14.4 Å². The number of nitrogens with zero attached hydrogens (tertiary/aromatic N) is 2. The topological polar surface area (TPSA) is 102 Å². The second-order valence-corrected chi connectivity index (χ2v) is 6.15. The van der Waals surface area contributed by atoms with Crippen LogP contribution in [-0.4, -0.2) is 40.3 Å². The SMILES string of the molecule is COC(=O)c1cnc(SCC(=O)NC(=O)Nc2ccc(Cl)cc2)n1C. The Balaban J connectivity index is 1.84. The van der Waals surface area contributed by atoms with Crippen LogP contribution in [0.15, 0.2) is 35.6 Å². The van der Waals surface area contributed by atoms with Crippen molar-refractivity contribution >= 4 is 47.0 Å². The number of benzene rings is 1. The Morgan fingerprint density at radius 1 is 1.28 bits per heavy atom. The van der Waals surface area contributed by atoms with Crippen LogP contribution in [0.25, 0.3) is 0 Å². The van der Waals surface area contributed by atoms with Gasteiger partial charge < -0.3 is 14.6 Å². The van der Waals surface area contributed by atoms with Crippen molar-refractivity contribution in [3.05, 3.63) is 41.2 Å². The standard InChI is InChI=1S/C15H15ClN4O4S/c1-20-11(13(22)24-2)7-17-15(20)25-8-12(21)19-14(23)18-10-5-3-9(16)4-6-10/h3-7H,8H2,1-2H3,(H2,18,19,21,23). The highest BCUT2D eigenvalue weighted by molar-refractivity contribution is 7.99. The number of methoxy groups -OCH3 is 1. The Bertz CT molecular complexity index is 791. The lowest BCUT2D eigenvalue weighted by molar-refractivity contribution is -0.117. The number of carbonyl (C=O) groups excluding carboxylic acids is 3. The second kappa shape index (κ2) is 8.54. The Morgan fingerprint density at radius 3 is 2.60 bits per heavy atom. The number of halogens is 1. The van der Waals surface area contributed by atoms with Crippen molar-refractivity contribution in [1.29, 1.82) is 0 Å². The molecule has 2 N–H and O–H groups in total. The predicted molar refractivity (Wildman–Crippen MR) is 93.9 cm³/mol. The predicted octanol–water partition coefficient (Wildman–Crippen LogP) is 2.30. The molecule has 1 aromatic carbocycles. The zero-order chi connectivity index (χ0) is 18.4. The number of hydrogen-bond acceptors (Lipinski definition) is 6. The Morgan fingerprint density at radius 2 is 1.96 bits per heavy atom. The van der Waals surface area contributed by atoms with Crippen molar-refractivity contribution in [2.24, 2.45) is 7.05 Å². The Hall–Kier alpha value is -2.52. The summed E-state index contributed by atoms with van der Waals surface area (Å²) in [6.07, 6.45) is 1.36. The van der Waals surface area contributed by atoms with Crippen molar-refractivity contribution in [3.8, 4) is 0 Å². The minimum absolute atomic E-state index is 0.0422. The van der Waals surface area contributed by atoms with E-state index in [0.29, 0.717) is 15.9 Å². The van der Waals surface area contributed by atoms with E-state index in [1.165, 1.54) is 17.9 Å². The lowest BCUT2D eigenvalue weighted by Gasteiger charge is -2.07. The third-order valence-electron chi connectivity index (χ3n) is 3.03. The fourth-order valence-electron chi connectivity index (χ4n) is 1.81. The average molecular weight is 383 g/mol. The van der Waals surface area contributed by atoms with Gasteiger partial charge in [0, 0.05) is 17.8 Å². The van der Waals surface area contributed by atoms with Gasteiger partial charge in [-0.2, -0.15) is 0 Å². The number of rotatable bonds is 5. The first-order chi connectivity index (χ1) is 11.9. The summed E-state index contributed by atoms with van der Waals surface area (Å²) in [4.78, 5) is 39.1. The zero-order valence-electron chi connectivity index (χ0n) is 13.4. The second-order valence-electron chi connectivity index (χ2n) is 4.77. The van der Waals surface area contributed by atoms with Gasteiger partial charge in [0.1, 0.15) is 5.69 Å². The monoisotopic (exact) mass is 382 g/mol. The van der Waals surface area contributed by atoms with Gasteiger partial charge in [0.15, 0.2) is 5.16 Å². The summed E-state index contributed by atoms with van der Waals surface area (Å²) in [5.41, 5.74) is 0.778. The van der Waals surface area contributed by atoms with Crippen molar-refractivity contribution in [2.75, 3.05) is 18.2 Å². The highest BCUT2D eigenvalue weighted by Gasteiger charge is 2.16. The number of thioether (sulfide) groups is 1. The van der Waals surface area contributed by atoms with Gasteiger partial charge in [-0.25, -0.2) is 14.6 Å². The summed E-state index contributed by atoms with van der Waals surface area (Å²) in [7, 11) is 2.90. The molecule has 8 nitrogen and oxygen atoms in total. The summed E-state index contributed by atoms with van der Waals surface area (Å²) in [5.74, 6) is -1.06. The van der Waals surface area contributed by atoms with E-state index in [1.807, 2.05) is 0 Å². The number of esters is 1. The molecule has 0 spiro atoms. The fourth-order valence-corrected chi connectivity index (χ4v) is 2.69. The third kappa shape index (κ3) is 5.23. The van der Waals surface area contributed by atoms with Crippen LogP contribution in [0.4, 0.5) is 10.5 Å². The molecule has 0 aliphatic rings. The molecule has 0 unspecified atom stereocenters. The number of ether oxygens (including phenoxy) is 1. The van der Waals surface area contributed by atoms with Crippen LogP contribution in [0, 0.1) is 0 Å². The van der Waals surface area contributed by atoms with Gasteiger partial charge >= 0.3 is 12.0 Å². The van der Waals surface area contributed by atoms with Gasteiger partial charge in [-0.05, 0) is 24.3 Å². The fraction of sp³-hybridized carbons (Fsp3) is 0.200. The molecule has 1 aromatic heterocycles. The number of amides is 3. The van der Waals surface area contributed by atoms with Crippen LogP contribution < -0.4 is 10.6 Å². The van der Waals surface area contributed by atoms with E-state index in [2.05, 4.69) is 20.4 Å². The number of aromatic nitrogens is 2. The first-order valence-electron chi connectivity index (χ1n) is 7.00. The molecule has 1 heterocycles. The van der Waals surface area contributed by atoms with Crippen LogP contribution in [-0.2, 0) is 16.6 Å². The van der Waals surface area contributed by atoms with Crippen molar-refractivity contribution in [2.45, 2.75) is 5.16 Å². The molecular formula is C15H15ClN4O4S. The lowest BCUT2D eigenvalue weighted by atomic mass is 10.3. The highest BCUT2D eigenvalue weighted by Crippen LogP contribution is 2.17. The number of imide groups is 1. The van der Waals surface area contributed by atoms with Gasteiger partial charge in [0.2, 0.25) is 5.91 Å². The smallest absolute Gasteiger partial charge is 0.356 e. The number of nitrogens with one attached hydrogen (secondary N) is 2. The van der Waals surface area contributed by atoms with Crippen molar-refractivity contribution < 1.29 is 19.1 Å². The normalized spacial score (nSPS) is 10.2. The molecule has 2 aromatic rings. The van der Waals surface area contributed by atoms with Crippen LogP contribution >= 0.6 is 23.4 Å². The molecular weight excluding hydrogens is 368 g/mol. The van der Waals surface area contributed by atoms with Gasteiger partial charge in [0.25, 0.3) is 0 Å². The molecule has 0 bridgehead atoms. The Kier molecular flexibility index (Phi) is 6.43. The number of hydrogen-bond donors (Lipinski definition) is 2. The van der Waals surface area contributed by atoms with E-state index >= 15 is 0 Å².